The molecule has 4 heteroatoms. The Labute approximate surface area is 110 Å². The van der Waals surface area contributed by atoms with Crippen LogP contribution in [0.4, 0.5) is 8.78 Å². The lowest BCUT2D eigenvalue weighted by atomic mass is 10.1. The van der Waals surface area contributed by atoms with Gasteiger partial charge in [0.2, 0.25) is 0 Å². The number of ether oxygens (including phenoxy) is 1. The molecular formula is C15H15F2NO. The first-order chi connectivity index (χ1) is 9.22. The van der Waals surface area contributed by atoms with Crippen molar-refractivity contribution in [1.82, 2.24) is 0 Å². The third kappa shape index (κ3) is 3.36. The molecular weight excluding hydrogens is 248 g/mol. The van der Waals surface area contributed by atoms with Gasteiger partial charge in [0.15, 0.2) is 0 Å². The molecule has 0 aromatic heterocycles. The summed E-state index contributed by atoms with van der Waals surface area (Å²) in [5.74, 6) is -0.669. The highest BCUT2D eigenvalue weighted by atomic mass is 19.1. The number of rotatable bonds is 5. The molecule has 0 heterocycles. The quantitative estimate of drug-likeness (QED) is 0.899. The minimum absolute atomic E-state index is 0.0913. The van der Waals surface area contributed by atoms with Gasteiger partial charge in [-0.05, 0) is 6.07 Å². The average Bonchev–Trinajstić information content (AvgIpc) is 2.43. The van der Waals surface area contributed by atoms with Gasteiger partial charge in [-0.15, -0.1) is 0 Å². The van der Waals surface area contributed by atoms with Crippen LogP contribution in [0.15, 0.2) is 42.5 Å². The number of halogens is 2. The smallest absolute Gasteiger partial charge is 0.133 e. The van der Waals surface area contributed by atoms with Gasteiger partial charge < -0.3 is 10.5 Å². The van der Waals surface area contributed by atoms with E-state index in [1.54, 1.807) is 36.4 Å². The summed E-state index contributed by atoms with van der Waals surface area (Å²) in [6.45, 7) is 0.347. The van der Waals surface area contributed by atoms with Crippen LogP contribution in [0.5, 0.6) is 0 Å². The van der Waals surface area contributed by atoms with Gasteiger partial charge in [0.05, 0.1) is 13.2 Å². The highest BCUT2D eigenvalue weighted by molar-refractivity contribution is 5.25. The molecule has 0 saturated heterocycles. The molecule has 2 nitrogen and oxygen atoms in total. The Balaban J connectivity index is 1.98. The molecule has 100 valence electrons. The molecule has 2 rings (SSSR count). The molecule has 0 radical (unpaired) electrons. The molecule has 0 amide bonds. The highest BCUT2D eigenvalue weighted by Gasteiger charge is 2.07. The summed E-state index contributed by atoms with van der Waals surface area (Å²) in [4.78, 5) is 0. The molecule has 0 fully saturated rings. The average molecular weight is 263 g/mol. The second kappa shape index (κ2) is 6.41. The zero-order valence-corrected chi connectivity index (χ0v) is 10.4. The largest absolute Gasteiger partial charge is 0.372 e. The Kier molecular flexibility index (Phi) is 4.60. The highest BCUT2D eigenvalue weighted by Crippen LogP contribution is 2.15. The molecule has 0 unspecified atom stereocenters. The van der Waals surface area contributed by atoms with E-state index in [1.807, 2.05) is 0 Å². The van der Waals surface area contributed by atoms with Crippen molar-refractivity contribution >= 4 is 0 Å². The van der Waals surface area contributed by atoms with Crippen molar-refractivity contribution in [1.29, 1.82) is 0 Å². The van der Waals surface area contributed by atoms with E-state index in [-0.39, 0.29) is 31.4 Å². The van der Waals surface area contributed by atoms with Gasteiger partial charge in [0, 0.05) is 23.2 Å². The Morgan fingerprint density at radius 1 is 0.842 bits per heavy atom. The van der Waals surface area contributed by atoms with Gasteiger partial charge in [-0.1, -0.05) is 36.4 Å². The molecule has 2 aromatic rings. The van der Waals surface area contributed by atoms with E-state index in [1.165, 1.54) is 6.07 Å². The fourth-order valence-corrected chi connectivity index (χ4v) is 1.79. The molecule has 19 heavy (non-hydrogen) atoms. The summed E-state index contributed by atoms with van der Waals surface area (Å²) in [5.41, 5.74) is 6.77. The first-order valence-corrected chi connectivity index (χ1v) is 6.00. The fraction of sp³-hybridized carbons (Fsp3) is 0.200. The fourth-order valence-electron chi connectivity index (χ4n) is 1.79. The molecule has 2 N–H and O–H groups in total. The van der Waals surface area contributed by atoms with E-state index in [4.69, 9.17) is 10.5 Å². The topological polar surface area (TPSA) is 35.2 Å². The summed E-state index contributed by atoms with van der Waals surface area (Å²) in [7, 11) is 0. The lowest BCUT2D eigenvalue weighted by molar-refractivity contribution is 0.102. The van der Waals surface area contributed by atoms with E-state index in [2.05, 4.69) is 0 Å². The van der Waals surface area contributed by atoms with Crippen LogP contribution in [-0.4, -0.2) is 0 Å². The van der Waals surface area contributed by atoms with Crippen LogP contribution in [0.1, 0.15) is 16.7 Å². The number of benzene rings is 2. The Morgan fingerprint density at radius 3 is 2.21 bits per heavy atom. The Bertz CT molecular complexity index is 558. The number of hydrogen-bond donors (Lipinski definition) is 1. The molecule has 0 atom stereocenters. The molecule has 0 aliphatic carbocycles. The van der Waals surface area contributed by atoms with Crippen molar-refractivity contribution < 1.29 is 13.5 Å². The third-order valence-corrected chi connectivity index (χ3v) is 2.85. The van der Waals surface area contributed by atoms with E-state index >= 15 is 0 Å². The van der Waals surface area contributed by atoms with Crippen molar-refractivity contribution in [3.63, 3.8) is 0 Å². The number of hydrogen-bond acceptors (Lipinski definition) is 2. The molecule has 2 aromatic carbocycles. The van der Waals surface area contributed by atoms with Crippen molar-refractivity contribution in [3.8, 4) is 0 Å². The first kappa shape index (κ1) is 13.6. The van der Waals surface area contributed by atoms with E-state index < -0.39 is 0 Å². The number of nitrogens with two attached hydrogens (primary N) is 1. The molecule has 0 aliphatic rings. The summed E-state index contributed by atoms with van der Waals surface area (Å²) in [5, 5.41) is 0. The molecule has 0 saturated carbocycles. The minimum Gasteiger partial charge on any atom is -0.372 e. The Morgan fingerprint density at radius 2 is 1.47 bits per heavy atom. The normalized spacial score (nSPS) is 10.7. The van der Waals surface area contributed by atoms with Crippen LogP contribution >= 0.6 is 0 Å². The summed E-state index contributed by atoms with van der Waals surface area (Å²) >= 11 is 0. The molecule has 0 aliphatic heterocycles. The second-order valence-corrected chi connectivity index (χ2v) is 4.18. The molecule has 0 bridgehead atoms. The van der Waals surface area contributed by atoms with Crippen LogP contribution in [0, 0.1) is 11.6 Å². The molecule has 0 spiro atoms. The Hall–Kier alpha value is -1.78. The second-order valence-electron chi connectivity index (χ2n) is 4.18. The van der Waals surface area contributed by atoms with E-state index in [0.717, 1.165) is 0 Å². The monoisotopic (exact) mass is 263 g/mol. The standard InChI is InChI=1S/C15H15F2NO/c16-14-7-2-1-4-12(14)9-19-10-13-6-3-5-11(8-18)15(13)17/h1-7H,8-10,18H2. The van der Waals surface area contributed by atoms with Crippen LogP contribution in [0.2, 0.25) is 0 Å². The minimum atomic E-state index is -0.349. The van der Waals surface area contributed by atoms with Gasteiger partial charge in [0.1, 0.15) is 11.6 Å². The zero-order valence-electron chi connectivity index (χ0n) is 10.4. The van der Waals surface area contributed by atoms with Crippen molar-refractivity contribution in [3.05, 3.63) is 70.8 Å². The van der Waals surface area contributed by atoms with Crippen molar-refractivity contribution in [2.24, 2.45) is 5.73 Å². The predicted octanol–water partition coefficient (Wildman–Crippen LogP) is 3.14. The maximum Gasteiger partial charge on any atom is 0.133 e. The third-order valence-electron chi connectivity index (χ3n) is 2.85. The summed E-state index contributed by atoms with van der Waals surface area (Å²) in [6, 6.07) is 11.4. The van der Waals surface area contributed by atoms with E-state index in [9.17, 15) is 8.78 Å². The van der Waals surface area contributed by atoms with Gasteiger partial charge in [0.25, 0.3) is 0 Å². The van der Waals surface area contributed by atoms with Gasteiger partial charge in [-0.25, -0.2) is 8.78 Å². The van der Waals surface area contributed by atoms with Crippen LogP contribution < -0.4 is 5.73 Å². The maximum absolute atomic E-state index is 13.8. The zero-order chi connectivity index (χ0) is 13.7. The lowest BCUT2D eigenvalue weighted by Gasteiger charge is -2.08. The lowest BCUT2D eigenvalue weighted by Crippen LogP contribution is -2.04. The predicted molar refractivity (Wildman–Crippen MR) is 69.2 cm³/mol. The summed E-state index contributed by atoms with van der Waals surface area (Å²) in [6.07, 6.45) is 0. The van der Waals surface area contributed by atoms with Crippen LogP contribution in [0.3, 0.4) is 0 Å². The maximum atomic E-state index is 13.8. The van der Waals surface area contributed by atoms with Crippen LogP contribution in [-0.2, 0) is 24.5 Å². The first-order valence-electron chi connectivity index (χ1n) is 6.00. The van der Waals surface area contributed by atoms with Gasteiger partial charge in [-0.2, -0.15) is 0 Å². The summed E-state index contributed by atoms with van der Waals surface area (Å²) < 4.78 is 32.5. The van der Waals surface area contributed by atoms with Crippen LogP contribution in [0.25, 0.3) is 0 Å². The van der Waals surface area contributed by atoms with E-state index in [0.29, 0.717) is 16.7 Å². The van der Waals surface area contributed by atoms with Gasteiger partial charge in [-0.3, -0.25) is 0 Å². The SMILES string of the molecule is NCc1cccc(COCc2ccccc2F)c1F. The van der Waals surface area contributed by atoms with Gasteiger partial charge >= 0.3 is 0 Å². The van der Waals surface area contributed by atoms with Crippen molar-refractivity contribution in [2.75, 3.05) is 0 Å². The van der Waals surface area contributed by atoms with Crippen molar-refractivity contribution in [2.45, 2.75) is 19.8 Å².